The Balaban J connectivity index is 1.41. The first-order chi connectivity index (χ1) is 13.2. The van der Waals surface area contributed by atoms with Gasteiger partial charge in [-0.25, -0.2) is 0 Å². The lowest BCUT2D eigenvalue weighted by Crippen LogP contribution is -2.47. The van der Waals surface area contributed by atoms with Gasteiger partial charge in [-0.05, 0) is 51.5 Å². The monoisotopic (exact) mass is 371 g/mol. The van der Waals surface area contributed by atoms with Crippen molar-refractivity contribution in [2.45, 2.75) is 70.3 Å². The van der Waals surface area contributed by atoms with Crippen LogP contribution in [0.25, 0.3) is 0 Å². The largest absolute Gasteiger partial charge is 0.373 e. The first-order valence-corrected chi connectivity index (χ1v) is 10.6. The number of nitrogens with one attached hydrogen (secondary N) is 2. The molecule has 1 aromatic rings. The van der Waals surface area contributed by atoms with Crippen molar-refractivity contribution in [3.05, 3.63) is 35.4 Å². The van der Waals surface area contributed by atoms with Crippen LogP contribution in [0.4, 0.5) is 0 Å². The van der Waals surface area contributed by atoms with E-state index in [4.69, 9.17) is 14.5 Å². The lowest BCUT2D eigenvalue weighted by Gasteiger charge is -2.31. The Morgan fingerprint density at radius 2 is 2.04 bits per heavy atom. The molecule has 3 aliphatic heterocycles. The van der Waals surface area contributed by atoms with Crippen LogP contribution in [0.2, 0.25) is 0 Å². The first-order valence-electron chi connectivity index (χ1n) is 10.6. The summed E-state index contributed by atoms with van der Waals surface area (Å²) in [5.41, 5.74) is 2.57. The molecule has 3 saturated heterocycles. The summed E-state index contributed by atoms with van der Waals surface area (Å²) in [4.78, 5) is 4.94. The summed E-state index contributed by atoms with van der Waals surface area (Å²) in [5, 5.41) is 7.04. The summed E-state index contributed by atoms with van der Waals surface area (Å²) in [5.74, 6) is 1.35. The van der Waals surface area contributed by atoms with Gasteiger partial charge in [-0.1, -0.05) is 29.8 Å². The molecule has 0 saturated carbocycles. The summed E-state index contributed by atoms with van der Waals surface area (Å²) in [6.45, 7) is 6.75. The SMILES string of the molecule is CCNC(=NCC1CCCOC1c1ccc(C)cc1)NC1CC2CCC1O2. The van der Waals surface area contributed by atoms with Crippen LogP contribution >= 0.6 is 0 Å². The van der Waals surface area contributed by atoms with Crippen molar-refractivity contribution in [2.24, 2.45) is 10.9 Å². The van der Waals surface area contributed by atoms with Crippen LogP contribution in [0.5, 0.6) is 0 Å². The number of benzene rings is 1. The fourth-order valence-electron chi connectivity index (χ4n) is 4.65. The fraction of sp³-hybridized carbons (Fsp3) is 0.682. The molecule has 4 rings (SSSR count). The molecule has 2 bridgehead atoms. The van der Waals surface area contributed by atoms with Crippen molar-refractivity contribution in [3.8, 4) is 0 Å². The molecule has 148 valence electrons. The Hall–Kier alpha value is -1.59. The molecular formula is C22H33N3O2. The van der Waals surface area contributed by atoms with E-state index < -0.39 is 0 Å². The Labute approximate surface area is 162 Å². The molecule has 5 nitrogen and oxygen atoms in total. The molecule has 0 spiro atoms. The van der Waals surface area contributed by atoms with Gasteiger partial charge in [0.05, 0.1) is 24.4 Å². The third kappa shape index (κ3) is 4.46. The van der Waals surface area contributed by atoms with Crippen LogP contribution in [0.3, 0.4) is 0 Å². The van der Waals surface area contributed by atoms with Gasteiger partial charge in [-0.15, -0.1) is 0 Å². The summed E-state index contributed by atoms with van der Waals surface area (Å²) in [6, 6.07) is 9.16. The predicted molar refractivity (Wildman–Crippen MR) is 108 cm³/mol. The number of rotatable bonds is 5. The molecule has 5 heteroatoms. The summed E-state index contributed by atoms with van der Waals surface area (Å²) >= 11 is 0. The number of aryl methyl sites for hydroxylation is 1. The minimum absolute atomic E-state index is 0.150. The maximum absolute atomic E-state index is 6.15. The van der Waals surface area contributed by atoms with Gasteiger partial charge in [-0.2, -0.15) is 0 Å². The van der Waals surface area contributed by atoms with Crippen molar-refractivity contribution >= 4 is 5.96 Å². The van der Waals surface area contributed by atoms with Gasteiger partial charge in [0.25, 0.3) is 0 Å². The van der Waals surface area contributed by atoms with Crippen LogP contribution in [0.1, 0.15) is 56.3 Å². The van der Waals surface area contributed by atoms with Crippen molar-refractivity contribution in [3.63, 3.8) is 0 Å². The average Bonchev–Trinajstić information content (AvgIpc) is 3.30. The second-order valence-electron chi connectivity index (χ2n) is 8.18. The zero-order chi connectivity index (χ0) is 18.6. The predicted octanol–water partition coefficient (Wildman–Crippen LogP) is 3.34. The van der Waals surface area contributed by atoms with E-state index in [0.717, 1.165) is 38.5 Å². The normalized spacial score (nSPS) is 33.3. The molecule has 0 amide bonds. The molecule has 3 heterocycles. The van der Waals surface area contributed by atoms with E-state index in [2.05, 4.69) is 48.7 Å². The van der Waals surface area contributed by atoms with Crippen LogP contribution in [0, 0.1) is 12.8 Å². The molecule has 0 aromatic heterocycles. The number of aliphatic imine (C=N–C) groups is 1. The number of ether oxygens (including phenoxy) is 2. The molecule has 5 atom stereocenters. The summed E-state index contributed by atoms with van der Waals surface area (Å²) < 4.78 is 12.1. The maximum atomic E-state index is 6.15. The summed E-state index contributed by atoms with van der Waals surface area (Å²) in [6.07, 6.45) is 6.74. The van der Waals surface area contributed by atoms with E-state index in [9.17, 15) is 0 Å². The third-order valence-electron chi connectivity index (χ3n) is 6.11. The van der Waals surface area contributed by atoms with E-state index in [1.165, 1.54) is 30.4 Å². The number of guanidine groups is 1. The molecule has 3 aliphatic rings. The van der Waals surface area contributed by atoms with Crippen LogP contribution in [-0.2, 0) is 9.47 Å². The van der Waals surface area contributed by atoms with E-state index in [-0.39, 0.29) is 6.10 Å². The maximum Gasteiger partial charge on any atom is 0.191 e. The van der Waals surface area contributed by atoms with Crippen molar-refractivity contribution < 1.29 is 9.47 Å². The average molecular weight is 372 g/mol. The fourth-order valence-corrected chi connectivity index (χ4v) is 4.65. The minimum atomic E-state index is 0.150. The molecule has 3 fully saturated rings. The lowest BCUT2D eigenvalue weighted by molar-refractivity contribution is -0.0250. The number of hydrogen-bond acceptors (Lipinski definition) is 3. The molecule has 0 aliphatic carbocycles. The molecule has 1 aromatic carbocycles. The van der Waals surface area contributed by atoms with Gasteiger partial charge in [-0.3, -0.25) is 4.99 Å². The highest BCUT2D eigenvalue weighted by Gasteiger charge is 2.41. The Bertz CT molecular complexity index is 645. The second kappa shape index (κ2) is 8.61. The number of nitrogens with zero attached hydrogens (tertiary/aromatic N) is 1. The van der Waals surface area contributed by atoms with Gasteiger partial charge < -0.3 is 20.1 Å². The van der Waals surface area contributed by atoms with E-state index in [1.54, 1.807) is 0 Å². The van der Waals surface area contributed by atoms with E-state index >= 15 is 0 Å². The first kappa shape index (κ1) is 18.8. The molecule has 2 N–H and O–H groups in total. The Kier molecular flexibility index (Phi) is 5.98. The third-order valence-corrected chi connectivity index (χ3v) is 6.11. The zero-order valence-corrected chi connectivity index (χ0v) is 16.6. The van der Waals surface area contributed by atoms with Gasteiger partial charge in [0, 0.05) is 25.6 Å². The smallest absolute Gasteiger partial charge is 0.191 e. The quantitative estimate of drug-likeness (QED) is 0.616. The topological polar surface area (TPSA) is 54.9 Å². The highest BCUT2D eigenvalue weighted by molar-refractivity contribution is 5.80. The Morgan fingerprint density at radius 3 is 2.74 bits per heavy atom. The summed E-state index contributed by atoms with van der Waals surface area (Å²) in [7, 11) is 0. The van der Waals surface area contributed by atoms with Gasteiger partial charge >= 0.3 is 0 Å². The molecule has 27 heavy (non-hydrogen) atoms. The van der Waals surface area contributed by atoms with Crippen molar-refractivity contribution in [1.29, 1.82) is 0 Å². The lowest BCUT2D eigenvalue weighted by atomic mass is 9.89. The highest BCUT2D eigenvalue weighted by Crippen LogP contribution is 2.35. The van der Waals surface area contributed by atoms with E-state index in [1.807, 2.05) is 0 Å². The van der Waals surface area contributed by atoms with Gasteiger partial charge in [0.15, 0.2) is 5.96 Å². The van der Waals surface area contributed by atoms with E-state index in [0.29, 0.717) is 24.2 Å². The molecule has 0 radical (unpaired) electrons. The van der Waals surface area contributed by atoms with Crippen LogP contribution in [0.15, 0.2) is 29.3 Å². The van der Waals surface area contributed by atoms with Gasteiger partial charge in [0.1, 0.15) is 0 Å². The Morgan fingerprint density at radius 1 is 1.19 bits per heavy atom. The molecular weight excluding hydrogens is 338 g/mol. The van der Waals surface area contributed by atoms with Crippen LogP contribution < -0.4 is 10.6 Å². The number of hydrogen-bond donors (Lipinski definition) is 2. The zero-order valence-electron chi connectivity index (χ0n) is 16.6. The van der Waals surface area contributed by atoms with Crippen molar-refractivity contribution in [1.82, 2.24) is 10.6 Å². The molecule has 5 unspecified atom stereocenters. The van der Waals surface area contributed by atoms with Crippen molar-refractivity contribution in [2.75, 3.05) is 19.7 Å². The van der Waals surface area contributed by atoms with Crippen LogP contribution in [-0.4, -0.2) is 43.9 Å². The minimum Gasteiger partial charge on any atom is -0.373 e. The standard InChI is InChI=1S/C22H33N3O2/c1-3-23-22(25-19-13-18-10-11-20(19)27-18)24-14-17-5-4-12-26-21(17)16-8-6-15(2)7-9-16/h6-9,17-21H,3-5,10-14H2,1-2H3,(H2,23,24,25). The highest BCUT2D eigenvalue weighted by atomic mass is 16.5. The van der Waals surface area contributed by atoms with Gasteiger partial charge in [0.2, 0.25) is 0 Å². The second-order valence-corrected chi connectivity index (χ2v) is 8.18. The number of fused-ring (bicyclic) bond motifs is 2.